The van der Waals surface area contributed by atoms with Gasteiger partial charge in [-0.05, 0) is 45.1 Å². The number of hydrogen-bond acceptors (Lipinski definition) is 6. The Balaban J connectivity index is 1.47. The van der Waals surface area contributed by atoms with Crippen molar-refractivity contribution in [2.45, 2.75) is 24.0 Å². The quantitative estimate of drug-likeness (QED) is 0.360. The number of carbonyl (C=O) groups excluding carboxylic acids is 2. The van der Waals surface area contributed by atoms with Crippen LogP contribution < -0.4 is 0 Å². The van der Waals surface area contributed by atoms with Crippen molar-refractivity contribution in [2.75, 3.05) is 0 Å². The van der Waals surface area contributed by atoms with Gasteiger partial charge in [-0.25, -0.2) is 9.59 Å². The highest BCUT2D eigenvalue weighted by Crippen LogP contribution is 2.54. The Hall–Kier alpha value is -3.22. The van der Waals surface area contributed by atoms with Crippen LogP contribution in [-0.2, 0) is 9.47 Å². The average molecular weight is 459 g/mol. The Labute approximate surface area is 193 Å². The Morgan fingerprint density at radius 1 is 0.562 bits per heavy atom. The molecule has 0 saturated carbocycles. The van der Waals surface area contributed by atoms with Gasteiger partial charge in [0.25, 0.3) is 0 Å². The van der Waals surface area contributed by atoms with E-state index in [0.29, 0.717) is 9.75 Å². The topological polar surface area (TPSA) is 52.6 Å². The zero-order valence-electron chi connectivity index (χ0n) is 16.8. The van der Waals surface area contributed by atoms with E-state index in [1.54, 1.807) is 12.1 Å². The van der Waals surface area contributed by atoms with Crippen LogP contribution in [0.4, 0.5) is 0 Å². The molecule has 0 aliphatic heterocycles. The molecule has 0 fully saturated rings. The minimum Gasteiger partial charge on any atom is -0.453 e. The summed E-state index contributed by atoms with van der Waals surface area (Å²) < 4.78 is 12.2. The summed E-state index contributed by atoms with van der Waals surface area (Å²) in [6, 6.07) is 23.5. The van der Waals surface area contributed by atoms with Gasteiger partial charge in [0, 0.05) is 0 Å². The molecule has 2 heterocycles. The van der Waals surface area contributed by atoms with E-state index in [1.807, 2.05) is 47.2 Å². The second-order valence-electron chi connectivity index (χ2n) is 7.91. The largest absolute Gasteiger partial charge is 0.453 e. The monoisotopic (exact) mass is 458 g/mol. The summed E-state index contributed by atoms with van der Waals surface area (Å²) in [5.41, 5.74) is 4.51. The Bertz CT molecular complexity index is 1150. The number of fused-ring (bicyclic) bond motifs is 1. The lowest BCUT2D eigenvalue weighted by Gasteiger charge is -2.48. The van der Waals surface area contributed by atoms with Gasteiger partial charge < -0.3 is 9.47 Å². The van der Waals surface area contributed by atoms with Crippen molar-refractivity contribution < 1.29 is 19.1 Å². The van der Waals surface area contributed by atoms with Crippen LogP contribution in [0.1, 0.15) is 53.4 Å². The molecule has 2 atom stereocenters. The number of ether oxygens (including phenoxy) is 2. The van der Waals surface area contributed by atoms with Crippen LogP contribution in [0.3, 0.4) is 0 Å². The minimum atomic E-state index is -0.608. The lowest BCUT2D eigenvalue weighted by atomic mass is 9.61. The van der Waals surface area contributed by atoms with Crippen molar-refractivity contribution in [3.8, 4) is 0 Å². The van der Waals surface area contributed by atoms with E-state index in [1.165, 1.54) is 22.7 Å². The number of benzene rings is 2. The van der Waals surface area contributed by atoms with Crippen LogP contribution in [0.2, 0.25) is 0 Å². The summed E-state index contributed by atoms with van der Waals surface area (Å²) in [6.07, 6.45) is -1.22. The van der Waals surface area contributed by atoms with Crippen molar-refractivity contribution >= 4 is 34.6 Å². The van der Waals surface area contributed by atoms with Gasteiger partial charge in [0.15, 0.2) is 12.2 Å². The van der Waals surface area contributed by atoms with Gasteiger partial charge in [-0.3, -0.25) is 0 Å². The molecule has 2 aromatic carbocycles. The number of rotatable bonds is 4. The molecule has 7 rings (SSSR count). The standard InChI is InChI=1S/C26H18O4S2/c27-25(19-11-5-13-31-19)29-23-21-15-7-1-2-8-16(15)22(18-10-4-3-9-17(18)21)24(23)30-26(28)20-12-6-14-32-20/h1-14,21-24H. The molecule has 0 saturated heterocycles. The molecule has 3 aliphatic rings. The van der Waals surface area contributed by atoms with Gasteiger partial charge in [0.1, 0.15) is 9.75 Å². The van der Waals surface area contributed by atoms with E-state index in [9.17, 15) is 9.59 Å². The lowest BCUT2D eigenvalue weighted by Crippen LogP contribution is -2.51. The Kier molecular flexibility index (Phi) is 4.70. The molecule has 6 heteroatoms. The smallest absolute Gasteiger partial charge is 0.348 e. The summed E-state index contributed by atoms with van der Waals surface area (Å²) >= 11 is 2.69. The second-order valence-corrected chi connectivity index (χ2v) is 9.80. The summed E-state index contributed by atoms with van der Waals surface area (Å²) in [5, 5.41) is 3.70. The fourth-order valence-electron chi connectivity index (χ4n) is 5.00. The zero-order chi connectivity index (χ0) is 21.7. The molecule has 2 bridgehead atoms. The van der Waals surface area contributed by atoms with Crippen LogP contribution in [0, 0.1) is 0 Å². The minimum absolute atomic E-state index is 0.197. The molecule has 2 unspecified atom stereocenters. The Morgan fingerprint density at radius 2 is 0.938 bits per heavy atom. The van der Waals surface area contributed by atoms with Crippen molar-refractivity contribution in [1.29, 1.82) is 0 Å². The average Bonchev–Trinajstić information content (AvgIpc) is 3.55. The molecule has 3 aliphatic carbocycles. The van der Waals surface area contributed by atoms with Gasteiger partial charge in [-0.15, -0.1) is 22.7 Å². The first-order valence-electron chi connectivity index (χ1n) is 10.4. The van der Waals surface area contributed by atoms with Crippen molar-refractivity contribution in [1.82, 2.24) is 0 Å². The number of hydrogen-bond donors (Lipinski definition) is 0. The van der Waals surface area contributed by atoms with Crippen LogP contribution >= 0.6 is 22.7 Å². The van der Waals surface area contributed by atoms with Gasteiger partial charge >= 0.3 is 11.9 Å². The first-order chi connectivity index (χ1) is 15.7. The maximum Gasteiger partial charge on any atom is 0.348 e. The van der Waals surface area contributed by atoms with E-state index in [-0.39, 0.29) is 23.8 Å². The van der Waals surface area contributed by atoms with E-state index in [0.717, 1.165) is 22.3 Å². The van der Waals surface area contributed by atoms with Gasteiger partial charge in [0.05, 0.1) is 11.8 Å². The van der Waals surface area contributed by atoms with E-state index < -0.39 is 12.2 Å². The SMILES string of the molecule is O=C(OC1C2c3ccccc3C(c3ccccc32)C1OC(=O)c1cccs1)c1cccs1. The maximum absolute atomic E-state index is 13.0. The maximum atomic E-state index is 13.0. The third kappa shape index (κ3) is 3.02. The molecule has 0 radical (unpaired) electrons. The fraction of sp³-hybridized carbons (Fsp3) is 0.154. The summed E-state index contributed by atoms with van der Waals surface area (Å²) in [7, 11) is 0. The highest BCUT2D eigenvalue weighted by molar-refractivity contribution is 7.12. The molecular weight excluding hydrogens is 440 g/mol. The van der Waals surface area contributed by atoms with Gasteiger partial charge in [-0.2, -0.15) is 0 Å². The van der Waals surface area contributed by atoms with Crippen LogP contribution in [0.5, 0.6) is 0 Å². The molecule has 4 nitrogen and oxygen atoms in total. The predicted molar refractivity (Wildman–Crippen MR) is 124 cm³/mol. The van der Waals surface area contributed by atoms with Crippen LogP contribution in [-0.4, -0.2) is 24.1 Å². The van der Waals surface area contributed by atoms with Crippen LogP contribution in [0.25, 0.3) is 0 Å². The highest BCUT2D eigenvalue weighted by Gasteiger charge is 2.53. The molecule has 158 valence electrons. The Morgan fingerprint density at radius 3 is 1.25 bits per heavy atom. The molecule has 0 N–H and O–H groups in total. The second kappa shape index (κ2) is 7.73. The number of thiophene rings is 2. The molecule has 0 spiro atoms. The summed E-state index contributed by atoms with van der Waals surface area (Å²) in [5.74, 6) is -1.16. The van der Waals surface area contributed by atoms with E-state index >= 15 is 0 Å². The first-order valence-corrected chi connectivity index (χ1v) is 12.1. The van der Waals surface area contributed by atoms with Crippen molar-refractivity contribution in [3.05, 3.63) is 116 Å². The molecule has 32 heavy (non-hydrogen) atoms. The normalized spacial score (nSPS) is 22.6. The molecule has 4 aromatic rings. The van der Waals surface area contributed by atoms with E-state index in [2.05, 4.69) is 24.3 Å². The third-order valence-corrected chi connectivity index (χ3v) is 7.94. The number of esters is 2. The zero-order valence-corrected chi connectivity index (χ0v) is 18.5. The highest BCUT2D eigenvalue weighted by atomic mass is 32.1. The molecule has 2 aromatic heterocycles. The van der Waals surface area contributed by atoms with Crippen LogP contribution in [0.15, 0.2) is 83.6 Å². The first kappa shape index (κ1) is 19.5. The molecule has 0 amide bonds. The van der Waals surface area contributed by atoms with E-state index in [4.69, 9.17) is 9.47 Å². The molecular formula is C26H18O4S2. The van der Waals surface area contributed by atoms with Gasteiger partial charge in [-0.1, -0.05) is 60.7 Å². The van der Waals surface area contributed by atoms with Crippen molar-refractivity contribution in [2.24, 2.45) is 0 Å². The fourth-order valence-corrected chi connectivity index (χ4v) is 6.21. The van der Waals surface area contributed by atoms with Crippen molar-refractivity contribution in [3.63, 3.8) is 0 Å². The summed E-state index contributed by atoms with van der Waals surface area (Å²) in [4.78, 5) is 27.0. The van der Waals surface area contributed by atoms with Gasteiger partial charge in [0.2, 0.25) is 0 Å². The lowest BCUT2D eigenvalue weighted by molar-refractivity contribution is -0.0553. The third-order valence-electron chi connectivity index (χ3n) is 6.24. The predicted octanol–water partition coefficient (Wildman–Crippen LogP) is 5.85. The summed E-state index contributed by atoms with van der Waals surface area (Å²) in [6.45, 7) is 0. The number of carbonyl (C=O) groups is 2.